The molecule has 2 aromatic carbocycles. The molecule has 0 saturated carbocycles. The molecular formula is C20H19N5O3. The number of nitrogens with zero attached hydrogens (tertiary/aromatic N) is 3. The summed E-state index contributed by atoms with van der Waals surface area (Å²) in [5.41, 5.74) is 1.64. The van der Waals surface area contributed by atoms with Gasteiger partial charge in [0, 0.05) is 6.54 Å². The predicted molar refractivity (Wildman–Crippen MR) is 106 cm³/mol. The van der Waals surface area contributed by atoms with Crippen LogP contribution in [0.5, 0.6) is 5.75 Å². The lowest BCUT2D eigenvalue weighted by molar-refractivity contribution is 0.191. The number of anilines is 1. The molecule has 0 amide bonds. The molecule has 1 atom stereocenters. The summed E-state index contributed by atoms with van der Waals surface area (Å²) in [6.45, 7) is 0.168. The van der Waals surface area contributed by atoms with E-state index in [0.717, 1.165) is 5.69 Å². The van der Waals surface area contributed by atoms with Crippen molar-refractivity contribution in [3.8, 4) is 11.4 Å². The molecule has 0 fully saturated rings. The Morgan fingerprint density at radius 1 is 1.21 bits per heavy atom. The van der Waals surface area contributed by atoms with Gasteiger partial charge >= 0.3 is 0 Å². The lowest BCUT2D eigenvalue weighted by Crippen LogP contribution is -2.18. The van der Waals surface area contributed by atoms with Crippen LogP contribution in [0, 0.1) is 0 Å². The zero-order chi connectivity index (χ0) is 19.5. The number of rotatable bonds is 6. The number of aliphatic hydroxyl groups excluding tert-OH is 1. The Kier molecular flexibility index (Phi) is 4.77. The number of methoxy groups -OCH3 is 1. The molecule has 4 rings (SSSR count). The van der Waals surface area contributed by atoms with Gasteiger partial charge in [0.1, 0.15) is 11.1 Å². The standard InChI is InChI=1S/C20H19N5O3/c1-28-15-9-5-6-13(10-15)17(26)12-21-20-23-18-16(19(27)24-20)11-22-25(18)14-7-3-2-4-8-14/h2-11,17,26H,12H2,1H3,(H2,21,23,24,27). The van der Waals surface area contributed by atoms with Crippen LogP contribution in [0.25, 0.3) is 16.7 Å². The van der Waals surface area contributed by atoms with Gasteiger partial charge in [-0.05, 0) is 29.8 Å². The number of H-pyrrole nitrogens is 1. The zero-order valence-corrected chi connectivity index (χ0v) is 15.2. The Balaban J connectivity index is 1.60. The maximum absolute atomic E-state index is 12.4. The lowest BCUT2D eigenvalue weighted by atomic mass is 10.1. The van der Waals surface area contributed by atoms with Crippen molar-refractivity contribution in [3.63, 3.8) is 0 Å². The maximum atomic E-state index is 12.4. The van der Waals surface area contributed by atoms with Crippen molar-refractivity contribution in [3.05, 3.63) is 76.7 Å². The van der Waals surface area contributed by atoms with E-state index >= 15 is 0 Å². The zero-order valence-electron chi connectivity index (χ0n) is 15.2. The van der Waals surface area contributed by atoms with E-state index in [9.17, 15) is 9.90 Å². The van der Waals surface area contributed by atoms with Crippen LogP contribution in [0.3, 0.4) is 0 Å². The van der Waals surface area contributed by atoms with E-state index < -0.39 is 6.10 Å². The van der Waals surface area contributed by atoms with E-state index in [0.29, 0.717) is 22.3 Å². The van der Waals surface area contributed by atoms with Gasteiger partial charge in [0.15, 0.2) is 5.65 Å². The van der Waals surface area contributed by atoms with Gasteiger partial charge in [-0.3, -0.25) is 9.78 Å². The first kappa shape index (κ1) is 17.7. The van der Waals surface area contributed by atoms with E-state index in [-0.39, 0.29) is 18.1 Å². The van der Waals surface area contributed by atoms with Gasteiger partial charge in [0.25, 0.3) is 5.56 Å². The molecule has 3 N–H and O–H groups in total. The molecule has 0 bridgehead atoms. The lowest BCUT2D eigenvalue weighted by Gasteiger charge is -2.13. The fraction of sp³-hybridized carbons (Fsp3) is 0.150. The molecule has 0 saturated heterocycles. The summed E-state index contributed by atoms with van der Waals surface area (Å²) in [6.07, 6.45) is 0.693. The first-order valence-electron chi connectivity index (χ1n) is 8.75. The van der Waals surface area contributed by atoms with Crippen molar-refractivity contribution in [1.82, 2.24) is 19.7 Å². The molecule has 2 aromatic heterocycles. The molecule has 8 nitrogen and oxygen atoms in total. The number of nitrogens with one attached hydrogen (secondary N) is 2. The Bertz CT molecular complexity index is 1150. The fourth-order valence-corrected chi connectivity index (χ4v) is 2.92. The van der Waals surface area contributed by atoms with Crippen LogP contribution in [0.2, 0.25) is 0 Å². The van der Waals surface area contributed by atoms with Crippen LogP contribution in [0.15, 0.2) is 65.6 Å². The van der Waals surface area contributed by atoms with Gasteiger partial charge in [-0.2, -0.15) is 10.1 Å². The third-order valence-electron chi connectivity index (χ3n) is 4.38. The smallest absolute Gasteiger partial charge is 0.263 e. The van der Waals surface area contributed by atoms with Crippen LogP contribution >= 0.6 is 0 Å². The number of para-hydroxylation sites is 1. The van der Waals surface area contributed by atoms with Crippen molar-refractivity contribution >= 4 is 17.0 Å². The first-order chi connectivity index (χ1) is 13.7. The van der Waals surface area contributed by atoms with Gasteiger partial charge in [0.05, 0.1) is 25.1 Å². The molecule has 0 spiro atoms. The number of fused-ring (bicyclic) bond motifs is 1. The Hall–Kier alpha value is -3.65. The molecule has 1 unspecified atom stereocenters. The highest BCUT2D eigenvalue weighted by atomic mass is 16.5. The Morgan fingerprint density at radius 2 is 2.04 bits per heavy atom. The number of ether oxygens (including phenoxy) is 1. The summed E-state index contributed by atoms with van der Waals surface area (Å²) < 4.78 is 6.78. The highest BCUT2D eigenvalue weighted by Gasteiger charge is 2.13. The molecule has 8 heteroatoms. The Morgan fingerprint density at radius 3 is 2.82 bits per heavy atom. The molecular weight excluding hydrogens is 358 g/mol. The second-order valence-corrected chi connectivity index (χ2v) is 6.22. The number of aliphatic hydroxyl groups is 1. The highest BCUT2D eigenvalue weighted by molar-refractivity contribution is 5.76. The molecule has 0 aliphatic heterocycles. The minimum absolute atomic E-state index is 0.168. The third kappa shape index (κ3) is 3.45. The van der Waals surface area contributed by atoms with Crippen molar-refractivity contribution in [2.45, 2.75) is 6.10 Å². The SMILES string of the molecule is COc1cccc(C(O)CNc2nc3c(cnn3-c3ccccc3)c(=O)[nH]2)c1. The Labute approximate surface area is 160 Å². The largest absolute Gasteiger partial charge is 0.497 e. The number of aromatic amines is 1. The van der Waals surface area contributed by atoms with Crippen LogP contribution in [0.1, 0.15) is 11.7 Å². The highest BCUT2D eigenvalue weighted by Crippen LogP contribution is 2.20. The van der Waals surface area contributed by atoms with Crippen LogP contribution in [0.4, 0.5) is 5.95 Å². The number of benzene rings is 2. The van der Waals surface area contributed by atoms with Crippen LogP contribution in [-0.4, -0.2) is 38.5 Å². The van der Waals surface area contributed by atoms with Crippen LogP contribution in [-0.2, 0) is 0 Å². The van der Waals surface area contributed by atoms with Crippen molar-refractivity contribution < 1.29 is 9.84 Å². The summed E-state index contributed by atoms with van der Waals surface area (Å²) in [5.74, 6) is 0.924. The first-order valence-corrected chi connectivity index (χ1v) is 8.75. The molecule has 4 aromatic rings. The van der Waals surface area contributed by atoms with Crippen LogP contribution < -0.4 is 15.6 Å². The predicted octanol–water partition coefficient (Wildman–Crippen LogP) is 2.26. The van der Waals surface area contributed by atoms with Gasteiger partial charge in [-0.15, -0.1) is 0 Å². The number of hydrogen-bond acceptors (Lipinski definition) is 6. The topological polar surface area (TPSA) is 105 Å². The van der Waals surface area contributed by atoms with E-state index in [1.807, 2.05) is 36.4 Å². The fourth-order valence-electron chi connectivity index (χ4n) is 2.92. The molecule has 0 radical (unpaired) electrons. The summed E-state index contributed by atoms with van der Waals surface area (Å²) in [4.78, 5) is 19.5. The van der Waals surface area contributed by atoms with Gasteiger partial charge in [0.2, 0.25) is 5.95 Å². The minimum atomic E-state index is -0.796. The van der Waals surface area contributed by atoms with E-state index in [1.54, 1.807) is 30.0 Å². The number of aromatic nitrogens is 4. The molecule has 0 aliphatic rings. The quantitative estimate of drug-likeness (QED) is 0.476. The van der Waals surface area contributed by atoms with Crippen molar-refractivity contribution in [2.24, 2.45) is 0 Å². The van der Waals surface area contributed by atoms with Gasteiger partial charge < -0.3 is 15.2 Å². The summed E-state index contributed by atoms with van der Waals surface area (Å²) in [7, 11) is 1.57. The monoisotopic (exact) mass is 377 g/mol. The molecule has 142 valence electrons. The summed E-state index contributed by atoms with van der Waals surface area (Å²) in [6, 6.07) is 16.6. The second kappa shape index (κ2) is 7.53. The molecule has 28 heavy (non-hydrogen) atoms. The average molecular weight is 377 g/mol. The van der Waals surface area contributed by atoms with E-state index in [2.05, 4.69) is 20.4 Å². The van der Waals surface area contributed by atoms with Gasteiger partial charge in [-0.25, -0.2) is 4.68 Å². The average Bonchev–Trinajstić information content (AvgIpc) is 3.17. The molecule has 0 aliphatic carbocycles. The normalized spacial score (nSPS) is 12.1. The third-order valence-corrected chi connectivity index (χ3v) is 4.38. The van der Waals surface area contributed by atoms with E-state index in [1.165, 1.54) is 6.20 Å². The van der Waals surface area contributed by atoms with Crippen molar-refractivity contribution in [2.75, 3.05) is 19.0 Å². The van der Waals surface area contributed by atoms with Crippen molar-refractivity contribution in [1.29, 1.82) is 0 Å². The van der Waals surface area contributed by atoms with E-state index in [4.69, 9.17) is 4.74 Å². The number of hydrogen-bond donors (Lipinski definition) is 3. The molecule has 2 heterocycles. The minimum Gasteiger partial charge on any atom is -0.497 e. The summed E-state index contributed by atoms with van der Waals surface area (Å²) >= 11 is 0. The maximum Gasteiger partial charge on any atom is 0.263 e. The van der Waals surface area contributed by atoms with Gasteiger partial charge in [-0.1, -0.05) is 30.3 Å². The summed E-state index contributed by atoms with van der Waals surface area (Å²) in [5, 5.41) is 18.1. The second-order valence-electron chi connectivity index (χ2n) is 6.22.